The second kappa shape index (κ2) is 4.55. The number of β-amino-alcohol motifs (C(OH)–C–C–N with tert-alkyl or cyclic N) is 1. The lowest BCUT2D eigenvalue weighted by Crippen LogP contribution is -2.28. The molecule has 2 heterocycles. The fraction of sp³-hybridized carbons (Fsp3) is 0.583. The highest BCUT2D eigenvalue weighted by molar-refractivity contribution is 7.14. The Morgan fingerprint density at radius 2 is 2.44 bits per heavy atom. The van der Waals surface area contributed by atoms with Gasteiger partial charge in [-0.05, 0) is 31.4 Å². The number of hydrogen-bond acceptors (Lipinski definition) is 3. The van der Waals surface area contributed by atoms with E-state index in [0.717, 1.165) is 11.3 Å². The summed E-state index contributed by atoms with van der Waals surface area (Å²) in [6, 6.07) is 1.99. The number of hydrogen-bond donors (Lipinski definition) is 1. The molecule has 1 amide bonds. The van der Waals surface area contributed by atoms with E-state index in [1.165, 1.54) is 10.4 Å². The van der Waals surface area contributed by atoms with Crippen molar-refractivity contribution in [1.29, 1.82) is 0 Å². The number of aliphatic hydroxyl groups is 1. The third kappa shape index (κ3) is 2.13. The number of likely N-dealkylation sites (tertiary alicyclic amines) is 1. The van der Waals surface area contributed by atoms with E-state index in [9.17, 15) is 9.90 Å². The molecule has 1 N–H and O–H groups in total. The Balaban J connectivity index is 2.14. The monoisotopic (exact) mass is 239 g/mol. The minimum atomic E-state index is -0.337. The predicted octanol–water partition coefficient (Wildman–Crippen LogP) is 1.83. The third-order valence-electron chi connectivity index (χ3n) is 3.06. The van der Waals surface area contributed by atoms with Gasteiger partial charge in [0.2, 0.25) is 0 Å². The van der Waals surface area contributed by atoms with Gasteiger partial charge in [0.05, 0.1) is 11.0 Å². The topological polar surface area (TPSA) is 40.5 Å². The maximum atomic E-state index is 12.1. The first-order valence-electron chi connectivity index (χ1n) is 5.68. The van der Waals surface area contributed by atoms with Crippen molar-refractivity contribution in [2.45, 2.75) is 32.8 Å². The van der Waals surface area contributed by atoms with Crippen molar-refractivity contribution in [2.75, 3.05) is 13.1 Å². The zero-order valence-corrected chi connectivity index (χ0v) is 10.5. The van der Waals surface area contributed by atoms with E-state index in [1.54, 1.807) is 16.2 Å². The van der Waals surface area contributed by atoms with Gasteiger partial charge < -0.3 is 10.0 Å². The molecular formula is C12H17NO2S. The molecule has 0 spiro atoms. The fourth-order valence-electron chi connectivity index (χ4n) is 2.06. The highest BCUT2D eigenvalue weighted by atomic mass is 32.1. The standard InChI is InChI=1S/C12H17NO2S/c1-3-9-6-11(16-8(9)2)12(15)13-5-4-10(14)7-13/h6,10,14H,3-5,7H2,1-2H3/t10-/m1/s1. The lowest BCUT2D eigenvalue weighted by molar-refractivity contribution is 0.0769. The van der Waals surface area contributed by atoms with Crippen LogP contribution in [0.3, 0.4) is 0 Å². The van der Waals surface area contributed by atoms with Crippen LogP contribution in [0.2, 0.25) is 0 Å². The molecular weight excluding hydrogens is 222 g/mol. The Morgan fingerprint density at radius 1 is 1.69 bits per heavy atom. The first kappa shape index (κ1) is 11.6. The molecule has 0 saturated carbocycles. The van der Waals surface area contributed by atoms with Gasteiger partial charge in [-0.15, -0.1) is 11.3 Å². The quantitative estimate of drug-likeness (QED) is 0.855. The summed E-state index contributed by atoms with van der Waals surface area (Å²) in [6.07, 6.45) is 1.34. The number of aliphatic hydroxyl groups excluding tert-OH is 1. The number of nitrogens with zero attached hydrogens (tertiary/aromatic N) is 1. The summed E-state index contributed by atoms with van der Waals surface area (Å²) in [5, 5.41) is 9.41. The maximum absolute atomic E-state index is 12.1. The Bertz CT molecular complexity index is 400. The van der Waals surface area contributed by atoms with Crippen LogP contribution in [0.1, 0.15) is 33.5 Å². The molecule has 16 heavy (non-hydrogen) atoms. The first-order chi connectivity index (χ1) is 7.61. The van der Waals surface area contributed by atoms with Crippen LogP contribution in [-0.4, -0.2) is 35.1 Å². The van der Waals surface area contributed by atoms with Gasteiger partial charge in [-0.25, -0.2) is 0 Å². The molecule has 1 aromatic heterocycles. The van der Waals surface area contributed by atoms with Crippen LogP contribution in [0.5, 0.6) is 0 Å². The lowest BCUT2D eigenvalue weighted by Gasteiger charge is -2.13. The SMILES string of the molecule is CCc1cc(C(=O)N2CC[C@@H](O)C2)sc1C. The van der Waals surface area contributed by atoms with Gasteiger partial charge >= 0.3 is 0 Å². The van der Waals surface area contributed by atoms with Gasteiger partial charge in [-0.2, -0.15) is 0 Å². The zero-order valence-electron chi connectivity index (χ0n) is 9.69. The number of carbonyl (C=O) groups excluding carboxylic acids is 1. The minimum Gasteiger partial charge on any atom is -0.391 e. The molecule has 1 saturated heterocycles. The molecule has 0 aliphatic carbocycles. The molecule has 3 nitrogen and oxygen atoms in total. The van der Waals surface area contributed by atoms with Crippen LogP contribution >= 0.6 is 11.3 Å². The summed E-state index contributed by atoms with van der Waals surface area (Å²) in [5.41, 5.74) is 1.26. The van der Waals surface area contributed by atoms with Crippen LogP contribution in [0.4, 0.5) is 0 Å². The summed E-state index contributed by atoms with van der Waals surface area (Å²) in [5.74, 6) is 0.0735. The molecule has 0 aromatic carbocycles. The van der Waals surface area contributed by atoms with E-state index in [1.807, 2.05) is 6.07 Å². The van der Waals surface area contributed by atoms with E-state index in [4.69, 9.17) is 0 Å². The summed E-state index contributed by atoms with van der Waals surface area (Å²) in [6.45, 7) is 5.32. The van der Waals surface area contributed by atoms with Crippen molar-refractivity contribution >= 4 is 17.2 Å². The molecule has 0 radical (unpaired) electrons. The smallest absolute Gasteiger partial charge is 0.264 e. The van der Waals surface area contributed by atoms with Crippen LogP contribution in [0.15, 0.2) is 6.07 Å². The van der Waals surface area contributed by atoms with Crippen LogP contribution in [-0.2, 0) is 6.42 Å². The second-order valence-electron chi connectivity index (χ2n) is 4.24. The van der Waals surface area contributed by atoms with Gasteiger partial charge in [0.25, 0.3) is 5.91 Å². The molecule has 1 fully saturated rings. The number of rotatable bonds is 2. The number of carbonyl (C=O) groups is 1. The minimum absolute atomic E-state index is 0.0735. The van der Waals surface area contributed by atoms with E-state index >= 15 is 0 Å². The Hall–Kier alpha value is -0.870. The van der Waals surface area contributed by atoms with Gasteiger partial charge in [0.15, 0.2) is 0 Å². The fourth-order valence-corrected chi connectivity index (χ4v) is 3.14. The average Bonchev–Trinajstić information content (AvgIpc) is 2.83. The van der Waals surface area contributed by atoms with Gasteiger partial charge in [0, 0.05) is 18.0 Å². The van der Waals surface area contributed by atoms with Crippen LogP contribution in [0, 0.1) is 6.92 Å². The van der Waals surface area contributed by atoms with Crippen molar-refractivity contribution in [3.8, 4) is 0 Å². The van der Waals surface area contributed by atoms with Gasteiger partial charge in [0.1, 0.15) is 0 Å². The van der Waals surface area contributed by atoms with E-state index in [-0.39, 0.29) is 12.0 Å². The van der Waals surface area contributed by atoms with E-state index < -0.39 is 0 Å². The van der Waals surface area contributed by atoms with E-state index in [0.29, 0.717) is 19.5 Å². The largest absolute Gasteiger partial charge is 0.391 e. The first-order valence-corrected chi connectivity index (χ1v) is 6.50. The van der Waals surface area contributed by atoms with Crippen LogP contribution < -0.4 is 0 Å². The number of aryl methyl sites for hydroxylation is 2. The van der Waals surface area contributed by atoms with Crippen LogP contribution in [0.25, 0.3) is 0 Å². The highest BCUT2D eigenvalue weighted by Gasteiger charge is 2.26. The Labute approximate surface area is 99.7 Å². The molecule has 1 aliphatic heterocycles. The molecule has 4 heteroatoms. The molecule has 2 rings (SSSR count). The zero-order chi connectivity index (χ0) is 11.7. The number of amides is 1. The van der Waals surface area contributed by atoms with Crippen molar-refractivity contribution in [1.82, 2.24) is 4.90 Å². The molecule has 1 atom stereocenters. The molecule has 0 bridgehead atoms. The summed E-state index contributed by atoms with van der Waals surface area (Å²) in [4.78, 5) is 15.9. The molecule has 1 aromatic rings. The second-order valence-corrected chi connectivity index (χ2v) is 5.50. The molecule has 88 valence electrons. The Kier molecular flexibility index (Phi) is 3.30. The summed E-state index contributed by atoms with van der Waals surface area (Å²) < 4.78 is 0. The highest BCUT2D eigenvalue weighted by Crippen LogP contribution is 2.24. The average molecular weight is 239 g/mol. The van der Waals surface area contributed by atoms with Crippen molar-refractivity contribution in [2.24, 2.45) is 0 Å². The summed E-state index contributed by atoms with van der Waals surface area (Å²) in [7, 11) is 0. The van der Waals surface area contributed by atoms with Crippen molar-refractivity contribution < 1.29 is 9.90 Å². The Morgan fingerprint density at radius 3 is 2.94 bits per heavy atom. The lowest BCUT2D eigenvalue weighted by atomic mass is 10.2. The maximum Gasteiger partial charge on any atom is 0.264 e. The van der Waals surface area contributed by atoms with Crippen molar-refractivity contribution in [3.05, 3.63) is 21.4 Å². The van der Waals surface area contributed by atoms with E-state index in [2.05, 4.69) is 13.8 Å². The molecule has 1 aliphatic rings. The van der Waals surface area contributed by atoms with Crippen molar-refractivity contribution in [3.63, 3.8) is 0 Å². The normalized spacial score (nSPS) is 20.4. The molecule has 0 unspecified atom stereocenters. The van der Waals surface area contributed by atoms with Gasteiger partial charge in [-0.1, -0.05) is 6.92 Å². The third-order valence-corrected chi connectivity index (χ3v) is 4.14. The van der Waals surface area contributed by atoms with Gasteiger partial charge in [-0.3, -0.25) is 4.79 Å². The predicted molar refractivity (Wildman–Crippen MR) is 65.0 cm³/mol. The number of thiophene rings is 1. The summed E-state index contributed by atoms with van der Waals surface area (Å²) >= 11 is 1.56.